The first-order valence-corrected chi connectivity index (χ1v) is 28.4. The highest BCUT2D eigenvalue weighted by Crippen LogP contribution is 2.65. The SMILES string of the molecule is CC(=O)O[C@@H](C(=O)O[C@H]1C[C@@]2(O)[C@@H](OC(=O)c3ccccc3)C3[C@](C)(C(=O)/C(OC(=O)OCC(Cl)(Cl)Cl)=C(/C1C)C2(C)C)[C@@H](OC(=O)OCC(Cl)(Cl)Cl)C[C@H]1OC[C@@]31OC(C)=O)C(c1ccccc1)N(C(=O)OC(C)(C)C)C(=O)OC(C)(C)C. The smallest absolute Gasteiger partial charge is 0.459 e. The van der Waals surface area contributed by atoms with Gasteiger partial charge in [0.2, 0.25) is 19.5 Å². The van der Waals surface area contributed by atoms with Crippen LogP contribution in [0, 0.1) is 22.7 Å². The number of carbonyl (C=O) groups is 9. The maximum Gasteiger partial charge on any atom is 0.514 e. The normalized spacial score (nSPS) is 28.0. The quantitative estimate of drug-likeness (QED) is 0.111. The molecule has 2 aromatic rings. The third-order valence-corrected chi connectivity index (χ3v) is 15.4. The first-order chi connectivity index (χ1) is 38.6. The number of hydrogen-bond donors (Lipinski definition) is 1. The Kier molecular flexibility index (Phi) is 20.3. The van der Waals surface area contributed by atoms with Crippen molar-refractivity contribution in [1.82, 2.24) is 4.90 Å². The predicted octanol–water partition coefficient (Wildman–Crippen LogP) is 10.7. The van der Waals surface area contributed by atoms with Crippen LogP contribution in [0.1, 0.15) is 118 Å². The lowest BCUT2D eigenvalue weighted by Crippen LogP contribution is -2.81. The van der Waals surface area contributed by atoms with Crippen LogP contribution in [0.25, 0.3) is 0 Å². The van der Waals surface area contributed by atoms with Gasteiger partial charge in [0.25, 0.3) is 0 Å². The predicted molar refractivity (Wildman–Crippen MR) is 299 cm³/mol. The largest absolute Gasteiger partial charge is 0.514 e. The molecule has 1 N–H and O–H groups in total. The molecule has 2 saturated carbocycles. The van der Waals surface area contributed by atoms with E-state index in [1.165, 1.54) is 118 Å². The number of ether oxygens (including phenoxy) is 11. The molecule has 4 aliphatic rings. The van der Waals surface area contributed by atoms with Crippen LogP contribution in [0.2, 0.25) is 0 Å². The fraction of sp³-hybridized carbons (Fsp3) is 0.589. The lowest BCUT2D eigenvalue weighted by atomic mass is 9.45. The molecule has 2 aromatic carbocycles. The number of amides is 2. The molecule has 28 heteroatoms. The molecule has 0 radical (unpaired) electrons. The highest BCUT2D eigenvalue weighted by Gasteiger charge is 2.79. The number of nitrogens with zero attached hydrogens (tertiary/aromatic N) is 1. The Labute approximate surface area is 514 Å². The van der Waals surface area contributed by atoms with Gasteiger partial charge < -0.3 is 57.2 Å². The molecule has 3 fully saturated rings. The van der Waals surface area contributed by atoms with Gasteiger partial charge in [-0.3, -0.25) is 14.4 Å². The van der Waals surface area contributed by atoms with E-state index in [1.807, 2.05) is 0 Å². The number of carbonyl (C=O) groups excluding carboxylic acids is 9. The third-order valence-electron chi connectivity index (χ3n) is 14.7. The molecule has 3 unspecified atom stereocenters. The summed E-state index contributed by atoms with van der Waals surface area (Å²) in [6, 6.07) is 12.8. The number of allylic oxidation sites excluding steroid dienone is 1. The van der Waals surface area contributed by atoms with Gasteiger partial charge >= 0.3 is 48.4 Å². The summed E-state index contributed by atoms with van der Waals surface area (Å²) in [5.41, 5.74) is -12.5. The van der Waals surface area contributed by atoms with Gasteiger partial charge in [-0.15, -0.1) is 0 Å². The summed E-state index contributed by atoms with van der Waals surface area (Å²) >= 11 is 35.6. The van der Waals surface area contributed by atoms with Crippen LogP contribution in [0.15, 0.2) is 72.0 Å². The number of hydrogen-bond acceptors (Lipinski definition) is 21. The molecule has 3 aliphatic carbocycles. The van der Waals surface area contributed by atoms with E-state index in [0.29, 0.717) is 4.90 Å². The molecular weight excluding hydrogens is 1240 g/mol. The van der Waals surface area contributed by atoms with Crippen LogP contribution in [0.3, 0.4) is 0 Å². The summed E-state index contributed by atoms with van der Waals surface area (Å²) in [5.74, 6) is -10.4. The number of ketones is 1. The molecule has 22 nitrogen and oxygen atoms in total. The van der Waals surface area contributed by atoms with Gasteiger partial charge in [0.05, 0.1) is 23.5 Å². The minimum atomic E-state index is -2.78. The van der Waals surface area contributed by atoms with Crippen molar-refractivity contribution in [1.29, 1.82) is 0 Å². The lowest BCUT2D eigenvalue weighted by molar-refractivity contribution is -0.345. The average Bonchev–Trinajstić information content (AvgIpc) is 0.676. The van der Waals surface area contributed by atoms with E-state index in [1.54, 1.807) is 12.1 Å². The Morgan fingerprint density at radius 1 is 0.738 bits per heavy atom. The summed E-state index contributed by atoms with van der Waals surface area (Å²) in [6.45, 7) is 14.0. The molecular formula is C56H65Cl6NO21. The zero-order chi connectivity index (χ0) is 63.1. The average molecular weight is 1300 g/mol. The van der Waals surface area contributed by atoms with Gasteiger partial charge in [-0.1, -0.05) is 139 Å². The first kappa shape index (κ1) is 67.8. The molecule has 2 bridgehead atoms. The Morgan fingerprint density at radius 2 is 1.26 bits per heavy atom. The van der Waals surface area contributed by atoms with Crippen molar-refractivity contribution < 1.29 is 100 Å². The van der Waals surface area contributed by atoms with E-state index in [4.69, 9.17) is 122 Å². The number of alkyl halides is 6. The summed E-state index contributed by atoms with van der Waals surface area (Å²) in [7, 11) is 0. The molecule has 0 spiro atoms. The van der Waals surface area contributed by atoms with Crippen molar-refractivity contribution in [3.8, 4) is 0 Å². The van der Waals surface area contributed by atoms with Gasteiger partial charge in [0.1, 0.15) is 60.5 Å². The molecule has 2 amide bonds. The highest BCUT2D eigenvalue weighted by atomic mass is 35.6. The Hall–Kier alpha value is -5.33. The van der Waals surface area contributed by atoms with Gasteiger partial charge in [0, 0.05) is 38.0 Å². The van der Waals surface area contributed by atoms with Gasteiger partial charge in [0.15, 0.2) is 11.4 Å². The van der Waals surface area contributed by atoms with E-state index in [-0.39, 0.29) is 16.7 Å². The number of rotatable bonds is 13. The van der Waals surface area contributed by atoms with Gasteiger partial charge in [-0.25, -0.2) is 33.7 Å². The van der Waals surface area contributed by atoms with Gasteiger partial charge in [-0.2, -0.15) is 0 Å². The summed E-state index contributed by atoms with van der Waals surface area (Å²) in [5, 5.41) is 14.3. The Balaban J connectivity index is 1.68. The molecule has 84 heavy (non-hydrogen) atoms. The molecule has 11 atom stereocenters. The summed E-state index contributed by atoms with van der Waals surface area (Å²) in [4.78, 5) is 131. The van der Waals surface area contributed by atoms with E-state index >= 15 is 9.59 Å². The van der Waals surface area contributed by atoms with Crippen LogP contribution < -0.4 is 0 Å². The van der Waals surface area contributed by atoms with Crippen molar-refractivity contribution in [2.24, 2.45) is 22.7 Å². The first-order valence-electron chi connectivity index (χ1n) is 26.1. The molecule has 1 heterocycles. The van der Waals surface area contributed by atoms with E-state index in [9.17, 15) is 38.7 Å². The molecule has 462 valence electrons. The van der Waals surface area contributed by atoms with Crippen molar-refractivity contribution in [2.45, 2.75) is 162 Å². The van der Waals surface area contributed by atoms with Crippen LogP contribution in [0.5, 0.6) is 0 Å². The summed E-state index contributed by atoms with van der Waals surface area (Å²) < 4.78 is 60.0. The van der Waals surface area contributed by atoms with Gasteiger partial charge in [-0.05, 0) is 71.7 Å². The number of aliphatic hydroxyl groups is 1. The van der Waals surface area contributed by atoms with Crippen molar-refractivity contribution in [2.75, 3.05) is 19.8 Å². The molecule has 1 aliphatic heterocycles. The number of halogens is 6. The summed E-state index contributed by atoms with van der Waals surface area (Å²) in [6.07, 6.45) is -16.8. The second-order valence-corrected chi connectivity index (χ2v) is 28.4. The van der Waals surface area contributed by atoms with Crippen LogP contribution in [0.4, 0.5) is 19.2 Å². The van der Waals surface area contributed by atoms with E-state index in [2.05, 4.69) is 0 Å². The van der Waals surface area contributed by atoms with E-state index < -0.39 is 182 Å². The monoisotopic (exact) mass is 1300 g/mol. The lowest BCUT2D eigenvalue weighted by Gasteiger charge is -2.67. The molecule has 0 aromatic heterocycles. The number of esters is 4. The molecule has 1 saturated heterocycles. The van der Waals surface area contributed by atoms with Crippen molar-refractivity contribution in [3.63, 3.8) is 0 Å². The van der Waals surface area contributed by atoms with Crippen LogP contribution in [-0.2, 0) is 71.3 Å². The third kappa shape index (κ3) is 14.9. The standard InChI is InChI=1S/C56H65Cl6NO21/c1-28-33(78-44(68)39(77-29(2)64)37(31-19-15-13-16-20-31)63(45(69)83-49(4,5)6)46(70)84-50(7,8)9)24-54(73)42(81-43(67)32-21-17-14-18-22-32)40-52(12,41(66)38(36(28)51(54,10)11)80-48(72)76-27-56(60,61)62)34(79-47(71)75-26-55(57,58)59)23-35-53(40,25-74-35)82-30(3)65/h13-22,28,33-35,37,39-40,42,73H,23-27H2,1-12H3/b38-36+/t28?,33-,34-,35+,37?,39+,40?,42-,52+,53-,54+/m0/s1. The second kappa shape index (κ2) is 25.2. The maximum atomic E-state index is 16.5. The van der Waals surface area contributed by atoms with Crippen molar-refractivity contribution in [3.05, 3.63) is 83.1 Å². The minimum absolute atomic E-state index is 0.00172. The fourth-order valence-corrected chi connectivity index (χ4v) is 11.6. The zero-order valence-electron chi connectivity index (χ0n) is 47.8. The number of benzene rings is 2. The number of imide groups is 1. The number of fused-ring (bicyclic) bond motifs is 5. The minimum Gasteiger partial charge on any atom is -0.459 e. The van der Waals surface area contributed by atoms with Crippen LogP contribution >= 0.6 is 69.6 Å². The topological polar surface area (TPSA) is 279 Å². The molecule has 6 rings (SSSR count). The number of Topliss-reactive ketones (excluding diaryl/α,β-unsaturated/α-hetero) is 1. The second-order valence-electron chi connectivity index (χ2n) is 23.4. The maximum absolute atomic E-state index is 16.5. The Morgan fingerprint density at radius 3 is 1.74 bits per heavy atom. The van der Waals surface area contributed by atoms with E-state index in [0.717, 1.165) is 13.8 Å². The highest BCUT2D eigenvalue weighted by molar-refractivity contribution is 6.68. The Bertz CT molecular complexity index is 2870. The van der Waals surface area contributed by atoms with Crippen molar-refractivity contribution >= 4 is 124 Å². The van der Waals surface area contributed by atoms with Crippen LogP contribution in [-0.4, -0.2) is 144 Å². The fourth-order valence-electron chi connectivity index (χ4n) is 11.2. The zero-order valence-corrected chi connectivity index (χ0v) is 52.3.